The quantitative estimate of drug-likeness (QED) is 0.603. The average molecular weight is 354 g/mol. The van der Waals surface area contributed by atoms with Gasteiger partial charge in [0.15, 0.2) is 0 Å². The summed E-state index contributed by atoms with van der Waals surface area (Å²) in [6.45, 7) is 2.19. The van der Waals surface area contributed by atoms with Crippen LogP contribution in [-0.2, 0) is 19.1 Å². The van der Waals surface area contributed by atoms with Crippen LogP contribution in [0.3, 0.4) is 0 Å². The number of nitrogens with zero attached hydrogens (tertiary/aromatic N) is 1. The first-order chi connectivity index (χ1) is 11.4. The zero-order chi connectivity index (χ0) is 17.9. The molecule has 0 radical (unpaired) electrons. The van der Waals surface area contributed by atoms with E-state index in [9.17, 15) is 14.0 Å². The Morgan fingerprint density at radius 3 is 2.67 bits per heavy atom. The lowest BCUT2D eigenvalue weighted by Crippen LogP contribution is -2.28. The average Bonchev–Trinajstić information content (AvgIpc) is 2.79. The van der Waals surface area contributed by atoms with Crippen LogP contribution in [-0.4, -0.2) is 44.1 Å². The summed E-state index contributed by atoms with van der Waals surface area (Å²) in [4.78, 5) is 26.2. The number of amides is 1. The maximum absolute atomic E-state index is 14.0. The molecule has 0 aromatic heterocycles. The molecule has 1 heterocycles. The number of allylic oxidation sites excluding steroid dienone is 1. The van der Waals surface area contributed by atoms with Gasteiger partial charge in [-0.1, -0.05) is 17.7 Å². The van der Waals surface area contributed by atoms with Crippen molar-refractivity contribution >= 4 is 29.6 Å². The van der Waals surface area contributed by atoms with Gasteiger partial charge < -0.3 is 14.4 Å². The van der Waals surface area contributed by atoms with Crippen molar-refractivity contribution in [2.24, 2.45) is 0 Å². The van der Waals surface area contributed by atoms with Gasteiger partial charge in [0.2, 0.25) is 0 Å². The number of esters is 1. The van der Waals surface area contributed by atoms with Crippen LogP contribution in [0.15, 0.2) is 35.0 Å². The third-order valence-corrected chi connectivity index (χ3v) is 4.04. The predicted molar refractivity (Wildman–Crippen MR) is 87.7 cm³/mol. The van der Waals surface area contributed by atoms with Gasteiger partial charge in [-0.15, -0.1) is 0 Å². The highest BCUT2D eigenvalue weighted by Gasteiger charge is 2.37. The summed E-state index contributed by atoms with van der Waals surface area (Å²) in [5.74, 6) is -1.68. The molecule has 0 N–H and O–H groups in total. The number of carbonyl (C=O) groups is 2. The zero-order valence-electron chi connectivity index (χ0n) is 13.6. The summed E-state index contributed by atoms with van der Waals surface area (Å²) in [6.07, 6.45) is 1.28. The Balaban J connectivity index is 2.56. The molecule has 1 aliphatic heterocycles. The highest BCUT2D eigenvalue weighted by molar-refractivity contribution is 6.32. The predicted octanol–water partition coefficient (Wildman–Crippen LogP) is 2.80. The minimum Gasteiger partial charge on any atom is -0.465 e. The second-order valence-corrected chi connectivity index (χ2v) is 5.50. The van der Waals surface area contributed by atoms with Crippen LogP contribution in [0.1, 0.15) is 12.5 Å². The second kappa shape index (κ2) is 7.59. The summed E-state index contributed by atoms with van der Waals surface area (Å²) >= 11 is 6.01. The molecule has 1 amide bonds. The molecule has 0 spiro atoms. The zero-order valence-corrected chi connectivity index (χ0v) is 14.3. The van der Waals surface area contributed by atoms with Crippen molar-refractivity contribution in [3.8, 4) is 0 Å². The van der Waals surface area contributed by atoms with Crippen molar-refractivity contribution in [1.82, 2.24) is 4.90 Å². The van der Waals surface area contributed by atoms with Crippen molar-refractivity contribution in [2.75, 3.05) is 27.4 Å². The highest BCUT2D eigenvalue weighted by atomic mass is 35.5. The number of rotatable bonds is 5. The largest absolute Gasteiger partial charge is 0.465 e. The van der Waals surface area contributed by atoms with E-state index in [1.165, 1.54) is 43.4 Å². The molecule has 5 nitrogen and oxygen atoms in total. The van der Waals surface area contributed by atoms with Gasteiger partial charge in [-0.3, -0.25) is 4.79 Å². The van der Waals surface area contributed by atoms with E-state index in [-0.39, 0.29) is 28.3 Å². The van der Waals surface area contributed by atoms with E-state index in [1.54, 1.807) is 6.92 Å². The van der Waals surface area contributed by atoms with Gasteiger partial charge in [-0.25, -0.2) is 9.18 Å². The Morgan fingerprint density at radius 2 is 2.08 bits per heavy atom. The molecule has 0 saturated carbocycles. The molecule has 0 aliphatic carbocycles. The first kappa shape index (κ1) is 18.2. The summed E-state index contributed by atoms with van der Waals surface area (Å²) < 4.78 is 23.8. The fourth-order valence-corrected chi connectivity index (χ4v) is 2.69. The number of benzene rings is 1. The molecule has 2 rings (SSSR count). The molecule has 0 atom stereocenters. The lowest BCUT2D eigenvalue weighted by molar-refractivity contribution is -0.136. The van der Waals surface area contributed by atoms with E-state index in [0.717, 1.165) is 0 Å². The van der Waals surface area contributed by atoms with Crippen LogP contribution in [0.25, 0.3) is 6.08 Å². The van der Waals surface area contributed by atoms with Crippen LogP contribution in [0, 0.1) is 5.82 Å². The Labute approximate surface area is 144 Å². The number of carbonyl (C=O) groups excluding carboxylic acids is 2. The summed E-state index contributed by atoms with van der Waals surface area (Å²) in [7, 11) is 2.73. The summed E-state index contributed by atoms with van der Waals surface area (Å²) in [6, 6.07) is 4.20. The number of methoxy groups -OCH3 is 2. The third kappa shape index (κ3) is 3.34. The highest BCUT2D eigenvalue weighted by Crippen LogP contribution is 2.33. The van der Waals surface area contributed by atoms with Crippen molar-refractivity contribution in [1.29, 1.82) is 0 Å². The molecular weight excluding hydrogens is 337 g/mol. The second-order valence-electron chi connectivity index (χ2n) is 5.09. The Bertz CT molecular complexity index is 722. The van der Waals surface area contributed by atoms with Gasteiger partial charge in [0.1, 0.15) is 5.82 Å². The summed E-state index contributed by atoms with van der Waals surface area (Å²) in [5, 5.41) is 0.146. The normalized spacial score (nSPS) is 16.3. The van der Waals surface area contributed by atoms with Crippen LogP contribution < -0.4 is 0 Å². The van der Waals surface area contributed by atoms with Crippen molar-refractivity contribution in [3.63, 3.8) is 0 Å². The number of hydrogen-bond donors (Lipinski definition) is 0. The molecule has 24 heavy (non-hydrogen) atoms. The number of ether oxygens (including phenoxy) is 2. The standard InChI is InChI=1S/C17H17ClFNO4/c1-10-15(17(22)24-3)12(16(21)20(10)7-8-23-2)9-11-13(18)5-4-6-14(11)19/h4-6,9H,7-8H2,1-3H3/b12-9+. The molecule has 0 saturated heterocycles. The van der Waals surface area contributed by atoms with Crippen molar-refractivity contribution in [3.05, 3.63) is 51.4 Å². The fraction of sp³-hybridized carbons (Fsp3) is 0.294. The van der Waals surface area contributed by atoms with Gasteiger partial charge in [-0.05, 0) is 25.1 Å². The molecule has 7 heteroatoms. The van der Waals surface area contributed by atoms with Gasteiger partial charge in [0, 0.05) is 24.9 Å². The maximum atomic E-state index is 14.0. The topological polar surface area (TPSA) is 55.8 Å². The maximum Gasteiger partial charge on any atom is 0.340 e. The first-order valence-corrected chi connectivity index (χ1v) is 7.56. The molecule has 0 bridgehead atoms. The van der Waals surface area contributed by atoms with Crippen LogP contribution in [0.4, 0.5) is 4.39 Å². The van der Waals surface area contributed by atoms with E-state index in [2.05, 4.69) is 0 Å². The molecular formula is C17H17ClFNO4. The van der Waals surface area contributed by atoms with Crippen molar-refractivity contribution in [2.45, 2.75) is 6.92 Å². The van der Waals surface area contributed by atoms with Gasteiger partial charge >= 0.3 is 5.97 Å². The van der Waals surface area contributed by atoms with E-state index in [1.807, 2.05) is 0 Å². The van der Waals surface area contributed by atoms with E-state index < -0.39 is 17.7 Å². The molecule has 1 aromatic carbocycles. The Kier molecular flexibility index (Phi) is 5.75. The van der Waals surface area contributed by atoms with E-state index in [0.29, 0.717) is 12.3 Å². The van der Waals surface area contributed by atoms with Crippen LogP contribution in [0.2, 0.25) is 5.02 Å². The first-order valence-electron chi connectivity index (χ1n) is 7.18. The number of halogens is 2. The van der Waals surface area contributed by atoms with Crippen LogP contribution in [0.5, 0.6) is 0 Å². The fourth-order valence-electron chi connectivity index (χ4n) is 2.47. The van der Waals surface area contributed by atoms with E-state index >= 15 is 0 Å². The van der Waals surface area contributed by atoms with Gasteiger partial charge in [0.25, 0.3) is 5.91 Å². The molecule has 128 valence electrons. The SMILES string of the molecule is COCCN1C(=O)/C(=C/c2c(F)cccc2Cl)C(C(=O)OC)=C1C. The Morgan fingerprint density at radius 1 is 1.38 bits per heavy atom. The summed E-state index contributed by atoms with van der Waals surface area (Å²) in [5.41, 5.74) is 0.619. The van der Waals surface area contributed by atoms with Crippen molar-refractivity contribution < 1.29 is 23.5 Å². The Hall–Kier alpha value is -2.18. The van der Waals surface area contributed by atoms with Gasteiger partial charge in [-0.2, -0.15) is 0 Å². The molecule has 0 unspecified atom stereocenters. The lowest BCUT2D eigenvalue weighted by atomic mass is 10.0. The molecule has 0 fully saturated rings. The van der Waals surface area contributed by atoms with E-state index in [4.69, 9.17) is 21.1 Å². The monoisotopic (exact) mass is 353 g/mol. The molecule has 1 aliphatic rings. The number of hydrogen-bond acceptors (Lipinski definition) is 4. The smallest absolute Gasteiger partial charge is 0.340 e. The molecule has 1 aromatic rings. The van der Waals surface area contributed by atoms with Gasteiger partial charge in [0.05, 0.1) is 29.9 Å². The lowest BCUT2D eigenvalue weighted by Gasteiger charge is -2.16. The van der Waals surface area contributed by atoms with Crippen LogP contribution >= 0.6 is 11.6 Å². The minimum atomic E-state index is -0.667. The third-order valence-electron chi connectivity index (χ3n) is 3.71. The minimum absolute atomic E-state index is 0.0439.